The summed E-state index contributed by atoms with van der Waals surface area (Å²) in [5, 5.41) is 0.711. The van der Waals surface area contributed by atoms with Gasteiger partial charge in [0.15, 0.2) is 5.43 Å². The molecule has 3 rings (SSSR count). The molecule has 0 bridgehead atoms. The molecule has 1 aliphatic rings. The first-order chi connectivity index (χ1) is 15.2. The minimum Gasteiger partial charge on any atom is -0.444 e. The fourth-order valence-corrected chi connectivity index (χ4v) is 3.79. The first-order valence-corrected chi connectivity index (χ1v) is 11.5. The summed E-state index contributed by atoms with van der Waals surface area (Å²) in [7, 11) is 0. The zero-order valence-corrected chi connectivity index (χ0v) is 19.7. The second-order valence-corrected chi connectivity index (χ2v) is 9.40. The third kappa shape index (κ3) is 6.81. The molecule has 7 heteroatoms. The Kier molecular flexibility index (Phi) is 8.32. The number of aromatic nitrogens is 1. The molecule has 2 heterocycles. The molecule has 0 unspecified atom stereocenters. The highest BCUT2D eigenvalue weighted by Crippen LogP contribution is 2.18. The first-order valence-electron chi connectivity index (χ1n) is 11.5. The Morgan fingerprint density at radius 1 is 1.12 bits per heavy atom. The van der Waals surface area contributed by atoms with Gasteiger partial charge in [0.1, 0.15) is 5.60 Å². The number of fused-ring (bicyclic) bond motifs is 1. The van der Waals surface area contributed by atoms with Crippen molar-refractivity contribution in [2.45, 2.75) is 71.7 Å². The van der Waals surface area contributed by atoms with Crippen LogP contribution in [-0.4, -0.2) is 54.0 Å². The Labute approximate surface area is 190 Å². The number of likely N-dealkylation sites (tertiary alicyclic amines) is 1. The summed E-state index contributed by atoms with van der Waals surface area (Å²) in [6.45, 7) is 10.5. The van der Waals surface area contributed by atoms with E-state index < -0.39 is 5.60 Å². The molecular weight excluding hydrogens is 408 g/mol. The molecule has 2 aromatic rings. The molecule has 1 N–H and O–H groups in total. The number of nitrogens with one attached hydrogen (secondary N) is 1. The van der Waals surface area contributed by atoms with Crippen LogP contribution in [0.5, 0.6) is 0 Å². The smallest absolute Gasteiger partial charge is 0.410 e. The number of nitrogens with zero attached hydrogens (tertiary/aromatic N) is 1. The molecule has 0 atom stereocenters. The average molecular weight is 445 g/mol. The molecule has 1 amide bonds. The Morgan fingerprint density at radius 2 is 1.81 bits per heavy atom. The van der Waals surface area contributed by atoms with E-state index >= 15 is 0 Å². The van der Waals surface area contributed by atoms with Crippen LogP contribution in [0.15, 0.2) is 29.1 Å². The number of ether oxygens (including phenoxy) is 3. The lowest BCUT2D eigenvalue weighted by molar-refractivity contribution is -0.0134. The van der Waals surface area contributed by atoms with Crippen molar-refractivity contribution < 1.29 is 19.0 Å². The summed E-state index contributed by atoms with van der Waals surface area (Å²) in [6.07, 6.45) is 3.44. The number of pyridine rings is 1. The third-order valence-electron chi connectivity index (χ3n) is 5.63. The molecular formula is C25H36N2O5. The van der Waals surface area contributed by atoms with Crippen LogP contribution in [0.25, 0.3) is 10.9 Å². The van der Waals surface area contributed by atoms with Crippen LogP contribution in [0, 0.1) is 6.92 Å². The number of piperidine rings is 1. The molecule has 32 heavy (non-hydrogen) atoms. The first kappa shape index (κ1) is 24.3. The quantitative estimate of drug-likeness (QED) is 0.604. The molecule has 1 aromatic heterocycles. The summed E-state index contributed by atoms with van der Waals surface area (Å²) < 4.78 is 17.2. The third-order valence-corrected chi connectivity index (χ3v) is 5.63. The van der Waals surface area contributed by atoms with Gasteiger partial charge in [0, 0.05) is 48.5 Å². The van der Waals surface area contributed by atoms with Crippen molar-refractivity contribution in [3.05, 3.63) is 45.7 Å². The van der Waals surface area contributed by atoms with Crippen molar-refractivity contribution in [1.82, 2.24) is 9.88 Å². The summed E-state index contributed by atoms with van der Waals surface area (Å²) >= 11 is 0. The Hall–Kier alpha value is -2.38. The predicted octanol–water partition coefficient (Wildman–Crippen LogP) is 4.55. The van der Waals surface area contributed by atoms with Crippen LogP contribution in [-0.2, 0) is 20.8 Å². The van der Waals surface area contributed by atoms with Gasteiger partial charge in [-0.1, -0.05) is 12.1 Å². The number of hydrogen-bond donors (Lipinski definition) is 1. The van der Waals surface area contributed by atoms with E-state index in [4.69, 9.17) is 14.2 Å². The summed E-state index contributed by atoms with van der Waals surface area (Å²) in [5.74, 6) is 0. The van der Waals surface area contributed by atoms with Crippen LogP contribution in [0.3, 0.4) is 0 Å². The Morgan fingerprint density at radius 3 is 2.53 bits per heavy atom. The maximum absolute atomic E-state index is 12.5. The topological polar surface area (TPSA) is 80.9 Å². The highest BCUT2D eigenvalue weighted by Gasteiger charge is 2.27. The van der Waals surface area contributed by atoms with Crippen LogP contribution >= 0.6 is 0 Å². The van der Waals surface area contributed by atoms with Gasteiger partial charge in [-0.15, -0.1) is 0 Å². The lowest BCUT2D eigenvalue weighted by atomic mass is 10.1. The molecule has 0 radical (unpaired) electrons. The maximum Gasteiger partial charge on any atom is 0.410 e. The Bertz CT molecular complexity index is 955. The normalized spacial score (nSPS) is 15.3. The summed E-state index contributed by atoms with van der Waals surface area (Å²) in [4.78, 5) is 29.7. The van der Waals surface area contributed by atoms with Gasteiger partial charge in [0.25, 0.3) is 0 Å². The highest BCUT2D eigenvalue weighted by molar-refractivity contribution is 5.79. The fraction of sp³-hybridized carbons (Fsp3) is 0.600. The zero-order valence-electron chi connectivity index (χ0n) is 19.7. The van der Waals surface area contributed by atoms with Crippen molar-refractivity contribution in [3.8, 4) is 0 Å². The van der Waals surface area contributed by atoms with E-state index in [2.05, 4.69) is 4.98 Å². The largest absolute Gasteiger partial charge is 0.444 e. The van der Waals surface area contributed by atoms with Gasteiger partial charge in [-0.25, -0.2) is 4.79 Å². The van der Waals surface area contributed by atoms with Gasteiger partial charge in [0.05, 0.1) is 12.7 Å². The molecule has 1 fully saturated rings. The fourth-order valence-electron chi connectivity index (χ4n) is 3.79. The van der Waals surface area contributed by atoms with Crippen LogP contribution in [0.2, 0.25) is 0 Å². The number of aromatic amines is 1. The van der Waals surface area contributed by atoms with E-state index in [1.165, 1.54) is 0 Å². The van der Waals surface area contributed by atoms with Crippen molar-refractivity contribution in [2.75, 3.05) is 26.3 Å². The molecule has 1 saturated heterocycles. The number of amides is 1. The van der Waals surface area contributed by atoms with E-state index in [9.17, 15) is 9.59 Å². The van der Waals surface area contributed by atoms with E-state index in [0.717, 1.165) is 36.9 Å². The van der Waals surface area contributed by atoms with Gasteiger partial charge in [-0.05, 0) is 65.5 Å². The van der Waals surface area contributed by atoms with Gasteiger partial charge < -0.3 is 24.1 Å². The van der Waals surface area contributed by atoms with E-state index in [-0.39, 0.29) is 17.6 Å². The van der Waals surface area contributed by atoms with Gasteiger partial charge >= 0.3 is 6.09 Å². The van der Waals surface area contributed by atoms with Crippen LogP contribution < -0.4 is 5.43 Å². The maximum atomic E-state index is 12.5. The van der Waals surface area contributed by atoms with Crippen molar-refractivity contribution in [2.24, 2.45) is 0 Å². The predicted molar refractivity (Wildman–Crippen MR) is 125 cm³/mol. The molecule has 7 nitrogen and oxygen atoms in total. The number of carbonyl (C=O) groups excluding carboxylic acids is 1. The minimum absolute atomic E-state index is 0.0593. The number of H-pyrrole nitrogens is 1. The van der Waals surface area contributed by atoms with Crippen molar-refractivity contribution >= 4 is 17.0 Å². The average Bonchev–Trinajstić information content (AvgIpc) is 2.75. The lowest BCUT2D eigenvalue weighted by Gasteiger charge is -2.33. The number of carbonyl (C=O) groups is 1. The second kappa shape index (κ2) is 11.0. The monoisotopic (exact) mass is 444 g/mol. The molecule has 1 aromatic carbocycles. The number of para-hydroxylation sites is 1. The summed E-state index contributed by atoms with van der Waals surface area (Å²) in [6, 6.07) is 7.54. The number of hydrogen-bond acceptors (Lipinski definition) is 5. The number of benzene rings is 1. The highest BCUT2D eigenvalue weighted by atomic mass is 16.6. The van der Waals surface area contributed by atoms with Gasteiger partial charge in [0.2, 0.25) is 0 Å². The molecule has 176 valence electrons. The standard InChI is InChI=1S/C25H36N2O5/c1-18-22(26-21-10-6-5-9-20(21)23(18)28)17-30-15-7-8-16-31-19-11-13-27(14-12-19)24(29)32-25(2,3)4/h5-6,9-10,19H,7-8,11-17H2,1-4H3,(H,26,28). The molecule has 0 saturated carbocycles. The zero-order chi connectivity index (χ0) is 23.1. The minimum atomic E-state index is -0.463. The van der Waals surface area contributed by atoms with E-state index in [0.29, 0.717) is 43.9 Å². The van der Waals surface area contributed by atoms with Crippen LogP contribution in [0.4, 0.5) is 4.79 Å². The van der Waals surface area contributed by atoms with Crippen LogP contribution in [0.1, 0.15) is 57.7 Å². The SMILES string of the molecule is Cc1c(COCCCCOC2CCN(C(=O)OC(C)(C)C)CC2)[nH]c2ccccc2c1=O. The van der Waals surface area contributed by atoms with Gasteiger partial charge in [-0.2, -0.15) is 0 Å². The Balaban J connectivity index is 1.30. The van der Waals surface area contributed by atoms with Gasteiger partial charge in [-0.3, -0.25) is 4.79 Å². The summed E-state index contributed by atoms with van der Waals surface area (Å²) in [5.41, 5.74) is 1.98. The van der Waals surface area contributed by atoms with E-state index in [1.807, 2.05) is 52.0 Å². The van der Waals surface area contributed by atoms with Crippen molar-refractivity contribution in [1.29, 1.82) is 0 Å². The van der Waals surface area contributed by atoms with Crippen molar-refractivity contribution in [3.63, 3.8) is 0 Å². The number of unbranched alkanes of at least 4 members (excludes halogenated alkanes) is 1. The molecule has 1 aliphatic heterocycles. The lowest BCUT2D eigenvalue weighted by Crippen LogP contribution is -2.43. The van der Waals surface area contributed by atoms with E-state index in [1.54, 1.807) is 4.90 Å². The molecule has 0 aliphatic carbocycles. The number of rotatable bonds is 8. The molecule has 0 spiro atoms. The second-order valence-electron chi connectivity index (χ2n) is 9.40.